The largest absolute Gasteiger partial charge is 0.573 e. The highest BCUT2D eigenvalue weighted by Crippen LogP contribution is 2.24. The molecule has 0 aliphatic rings. The van der Waals surface area contributed by atoms with Crippen LogP contribution >= 0.6 is 11.6 Å². The predicted molar refractivity (Wildman–Crippen MR) is 56.4 cm³/mol. The summed E-state index contributed by atoms with van der Waals surface area (Å²) in [6.45, 7) is 3.51. The lowest BCUT2D eigenvalue weighted by Gasteiger charge is -2.09. The lowest BCUT2D eigenvalue weighted by molar-refractivity contribution is -0.274. The van der Waals surface area contributed by atoms with Gasteiger partial charge in [-0.1, -0.05) is 30.3 Å². The highest BCUT2D eigenvalue weighted by atomic mass is 35.5. The molecule has 0 bridgehead atoms. The molecule has 0 aromatic heterocycles. The summed E-state index contributed by atoms with van der Waals surface area (Å²) in [7, 11) is 0. The van der Waals surface area contributed by atoms with E-state index in [-0.39, 0.29) is 5.75 Å². The van der Waals surface area contributed by atoms with Crippen LogP contribution in [0.2, 0.25) is 0 Å². The van der Waals surface area contributed by atoms with Gasteiger partial charge in [0.15, 0.2) is 0 Å². The fraction of sp³-hybridized carbons (Fsp3) is 0.273. The zero-order valence-corrected chi connectivity index (χ0v) is 9.11. The minimum absolute atomic E-state index is 0.217. The smallest absolute Gasteiger partial charge is 0.406 e. The number of rotatable bonds is 4. The van der Waals surface area contributed by atoms with Crippen LogP contribution in [-0.4, -0.2) is 6.36 Å². The van der Waals surface area contributed by atoms with Crippen molar-refractivity contribution in [3.63, 3.8) is 0 Å². The van der Waals surface area contributed by atoms with Gasteiger partial charge in [0.2, 0.25) is 0 Å². The maximum Gasteiger partial charge on any atom is 0.573 e. The van der Waals surface area contributed by atoms with E-state index >= 15 is 0 Å². The third-order valence-electron chi connectivity index (χ3n) is 1.82. The van der Waals surface area contributed by atoms with Gasteiger partial charge in [-0.15, -0.1) is 13.2 Å². The van der Waals surface area contributed by atoms with Gasteiger partial charge in [-0.2, -0.15) is 0 Å². The number of ether oxygens (including phenoxy) is 1. The highest BCUT2D eigenvalue weighted by Gasteiger charge is 2.31. The molecule has 0 heterocycles. The Hall–Kier alpha value is -1.16. The number of hydrogen-bond acceptors (Lipinski definition) is 1. The van der Waals surface area contributed by atoms with Gasteiger partial charge in [0, 0.05) is 5.03 Å². The molecule has 16 heavy (non-hydrogen) atoms. The van der Waals surface area contributed by atoms with E-state index in [1.807, 2.05) is 0 Å². The van der Waals surface area contributed by atoms with E-state index in [1.54, 1.807) is 6.07 Å². The van der Waals surface area contributed by atoms with Crippen molar-refractivity contribution in [2.24, 2.45) is 0 Å². The Labute approximate surface area is 96.5 Å². The van der Waals surface area contributed by atoms with E-state index in [9.17, 15) is 13.2 Å². The molecule has 0 spiro atoms. The summed E-state index contributed by atoms with van der Waals surface area (Å²) < 4.78 is 39.6. The number of benzene rings is 1. The zero-order chi connectivity index (χ0) is 12.2. The van der Waals surface area contributed by atoms with Gasteiger partial charge in [0.25, 0.3) is 0 Å². The van der Waals surface area contributed by atoms with E-state index in [0.29, 0.717) is 17.9 Å². The average molecular weight is 251 g/mol. The fourth-order valence-corrected chi connectivity index (χ4v) is 1.27. The van der Waals surface area contributed by atoms with Gasteiger partial charge < -0.3 is 4.74 Å². The summed E-state index contributed by atoms with van der Waals surface area (Å²) in [5, 5.41) is 0.474. The molecule has 0 aliphatic carbocycles. The van der Waals surface area contributed by atoms with Crippen molar-refractivity contribution in [1.29, 1.82) is 0 Å². The Morgan fingerprint density at radius 2 is 2.06 bits per heavy atom. The van der Waals surface area contributed by atoms with Crippen LogP contribution in [0.15, 0.2) is 35.9 Å². The minimum Gasteiger partial charge on any atom is -0.406 e. The number of aryl methyl sites for hydroxylation is 1. The molecule has 1 rings (SSSR count). The van der Waals surface area contributed by atoms with E-state index in [1.165, 1.54) is 18.2 Å². The first kappa shape index (κ1) is 12.9. The summed E-state index contributed by atoms with van der Waals surface area (Å²) in [4.78, 5) is 0. The van der Waals surface area contributed by atoms with Crippen LogP contribution in [0.4, 0.5) is 13.2 Å². The van der Waals surface area contributed by atoms with Gasteiger partial charge in [-0.25, -0.2) is 0 Å². The summed E-state index contributed by atoms with van der Waals surface area (Å²) >= 11 is 5.57. The topological polar surface area (TPSA) is 9.23 Å². The monoisotopic (exact) mass is 250 g/mol. The Bertz CT molecular complexity index is 374. The van der Waals surface area contributed by atoms with E-state index in [2.05, 4.69) is 11.3 Å². The van der Waals surface area contributed by atoms with Gasteiger partial charge in [-0.3, -0.25) is 0 Å². The number of hydrogen-bond donors (Lipinski definition) is 0. The summed E-state index contributed by atoms with van der Waals surface area (Å²) in [5.41, 5.74) is 0.726. The van der Waals surface area contributed by atoms with E-state index in [4.69, 9.17) is 11.6 Å². The lowest BCUT2D eigenvalue weighted by atomic mass is 10.1. The van der Waals surface area contributed by atoms with Crippen LogP contribution in [0.25, 0.3) is 0 Å². The van der Waals surface area contributed by atoms with Gasteiger partial charge in [0.05, 0.1) is 0 Å². The number of halogens is 4. The fourth-order valence-electron chi connectivity index (χ4n) is 1.18. The molecule has 0 unspecified atom stereocenters. The molecule has 0 saturated carbocycles. The second-order valence-electron chi connectivity index (χ2n) is 3.21. The van der Waals surface area contributed by atoms with Crippen molar-refractivity contribution in [3.8, 4) is 5.75 Å². The minimum atomic E-state index is -4.66. The lowest BCUT2D eigenvalue weighted by Crippen LogP contribution is -2.17. The van der Waals surface area contributed by atoms with Crippen molar-refractivity contribution in [2.45, 2.75) is 19.2 Å². The average Bonchev–Trinajstić information content (AvgIpc) is 2.12. The predicted octanol–water partition coefficient (Wildman–Crippen LogP) is 4.27. The van der Waals surface area contributed by atoms with Crippen LogP contribution in [0, 0.1) is 0 Å². The molecule has 1 nitrogen and oxygen atoms in total. The Morgan fingerprint density at radius 1 is 1.38 bits per heavy atom. The normalized spacial score (nSPS) is 11.2. The van der Waals surface area contributed by atoms with E-state index < -0.39 is 6.36 Å². The molecule has 0 fully saturated rings. The zero-order valence-electron chi connectivity index (χ0n) is 8.35. The first-order valence-corrected chi connectivity index (χ1v) is 4.92. The van der Waals surface area contributed by atoms with Crippen LogP contribution in [0.1, 0.15) is 12.0 Å². The quantitative estimate of drug-likeness (QED) is 0.775. The van der Waals surface area contributed by atoms with Crippen LogP contribution in [0.5, 0.6) is 5.75 Å². The summed E-state index contributed by atoms with van der Waals surface area (Å²) in [5.74, 6) is -0.217. The second kappa shape index (κ2) is 5.25. The molecular weight excluding hydrogens is 241 g/mol. The van der Waals surface area contributed by atoms with Crippen LogP contribution in [-0.2, 0) is 6.42 Å². The molecule has 5 heteroatoms. The number of allylic oxidation sites excluding steroid dienone is 1. The van der Waals surface area contributed by atoms with Gasteiger partial charge in [-0.05, 0) is 30.5 Å². The number of alkyl halides is 3. The SMILES string of the molecule is C=C(Cl)CCc1cccc(OC(F)(F)F)c1. The molecule has 1 aromatic carbocycles. The van der Waals surface area contributed by atoms with Crippen molar-refractivity contribution in [2.75, 3.05) is 0 Å². The summed E-state index contributed by atoms with van der Waals surface area (Å²) in [6.07, 6.45) is -3.59. The Balaban J connectivity index is 2.67. The molecular formula is C11H10ClF3O. The molecule has 0 amide bonds. The van der Waals surface area contributed by atoms with Gasteiger partial charge >= 0.3 is 6.36 Å². The molecule has 0 radical (unpaired) electrons. The van der Waals surface area contributed by atoms with Gasteiger partial charge in [0.1, 0.15) is 5.75 Å². The first-order chi connectivity index (χ1) is 7.37. The molecule has 88 valence electrons. The van der Waals surface area contributed by atoms with Crippen LogP contribution in [0.3, 0.4) is 0 Å². The van der Waals surface area contributed by atoms with Crippen molar-refractivity contribution >= 4 is 11.6 Å². The molecule has 0 atom stereocenters. The molecule has 0 saturated heterocycles. The highest BCUT2D eigenvalue weighted by molar-refractivity contribution is 6.29. The Morgan fingerprint density at radius 3 is 2.62 bits per heavy atom. The molecule has 0 N–H and O–H groups in total. The second-order valence-corrected chi connectivity index (χ2v) is 3.75. The Kier molecular flexibility index (Phi) is 4.24. The summed E-state index contributed by atoms with van der Waals surface area (Å²) in [6, 6.07) is 5.82. The maximum absolute atomic E-state index is 11.9. The third-order valence-corrected chi connectivity index (χ3v) is 2.01. The maximum atomic E-state index is 11.9. The molecule has 1 aromatic rings. The van der Waals surface area contributed by atoms with Crippen molar-refractivity contribution in [3.05, 3.63) is 41.4 Å². The van der Waals surface area contributed by atoms with Crippen LogP contribution < -0.4 is 4.74 Å². The standard InChI is InChI=1S/C11H10ClF3O/c1-8(12)5-6-9-3-2-4-10(7-9)16-11(13,14)15/h2-4,7H,1,5-6H2. The first-order valence-electron chi connectivity index (χ1n) is 4.55. The molecule has 0 aliphatic heterocycles. The third kappa shape index (κ3) is 5.07. The van der Waals surface area contributed by atoms with Crippen molar-refractivity contribution < 1.29 is 17.9 Å². The van der Waals surface area contributed by atoms with E-state index in [0.717, 1.165) is 5.56 Å². The van der Waals surface area contributed by atoms with Crippen molar-refractivity contribution in [1.82, 2.24) is 0 Å².